The third kappa shape index (κ3) is 1.73. The summed E-state index contributed by atoms with van der Waals surface area (Å²) in [5.74, 6) is 1.50. The first kappa shape index (κ1) is 9.90. The molecule has 0 saturated carbocycles. The van der Waals surface area contributed by atoms with E-state index in [-0.39, 0.29) is 0 Å². The molecule has 2 aliphatic heterocycles. The minimum absolute atomic E-state index is 0.553. The van der Waals surface area contributed by atoms with Crippen LogP contribution in [0.4, 0.5) is 11.6 Å². The number of fused-ring (bicyclic) bond motifs is 1. The maximum atomic E-state index is 5.68. The van der Waals surface area contributed by atoms with E-state index in [1.165, 1.54) is 32.4 Å². The van der Waals surface area contributed by atoms with Crippen molar-refractivity contribution in [2.45, 2.75) is 31.3 Å². The van der Waals surface area contributed by atoms with E-state index in [4.69, 9.17) is 5.73 Å². The monoisotopic (exact) mass is 218 g/mol. The molecule has 0 bridgehead atoms. The van der Waals surface area contributed by atoms with E-state index >= 15 is 0 Å². The largest absolute Gasteiger partial charge is 0.384 e. The fourth-order valence-electron chi connectivity index (χ4n) is 2.97. The van der Waals surface area contributed by atoms with Gasteiger partial charge in [-0.25, -0.2) is 4.98 Å². The van der Waals surface area contributed by atoms with Gasteiger partial charge in [-0.1, -0.05) is 6.07 Å². The summed E-state index contributed by atoms with van der Waals surface area (Å²) in [7, 11) is 0. The molecular formula is C12H18N4. The van der Waals surface area contributed by atoms with Gasteiger partial charge in [-0.05, 0) is 37.9 Å². The van der Waals surface area contributed by atoms with Crippen LogP contribution in [0.25, 0.3) is 0 Å². The van der Waals surface area contributed by atoms with E-state index in [9.17, 15) is 0 Å². The van der Waals surface area contributed by atoms with Crippen LogP contribution in [0.5, 0.6) is 0 Å². The molecular weight excluding hydrogens is 200 g/mol. The highest BCUT2D eigenvalue weighted by atomic mass is 15.2. The summed E-state index contributed by atoms with van der Waals surface area (Å²) in [6, 6.07) is 7.03. The minimum Gasteiger partial charge on any atom is -0.384 e. The Morgan fingerprint density at radius 2 is 2.25 bits per heavy atom. The van der Waals surface area contributed by atoms with Gasteiger partial charge in [-0.15, -0.1) is 0 Å². The SMILES string of the molecule is Nc1cccc(NC2CCN3CCCC23)n1. The van der Waals surface area contributed by atoms with Gasteiger partial charge in [0.15, 0.2) is 0 Å². The number of hydrogen-bond donors (Lipinski definition) is 2. The van der Waals surface area contributed by atoms with Gasteiger partial charge in [0.25, 0.3) is 0 Å². The number of aromatic nitrogens is 1. The molecule has 4 nitrogen and oxygen atoms in total. The third-order valence-corrected chi connectivity index (χ3v) is 3.71. The van der Waals surface area contributed by atoms with Crippen LogP contribution in [0.15, 0.2) is 18.2 Å². The Hall–Kier alpha value is -1.29. The molecule has 0 amide bonds. The normalized spacial score (nSPS) is 29.2. The summed E-state index contributed by atoms with van der Waals surface area (Å²) < 4.78 is 0. The van der Waals surface area contributed by atoms with Gasteiger partial charge in [0.2, 0.25) is 0 Å². The van der Waals surface area contributed by atoms with E-state index in [0.717, 1.165) is 5.82 Å². The lowest BCUT2D eigenvalue weighted by Gasteiger charge is -2.21. The zero-order valence-electron chi connectivity index (χ0n) is 9.39. The minimum atomic E-state index is 0.553. The summed E-state index contributed by atoms with van der Waals surface area (Å²) in [6.07, 6.45) is 3.88. The fraction of sp³-hybridized carbons (Fsp3) is 0.583. The Bertz CT molecular complexity index is 379. The molecule has 86 valence electrons. The third-order valence-electron chi connectivity index (χ3n) is 3.71. The number of pyridine rings is 1. The lowest BCUT2D eigenvalue weighted by molar-refractivity contribution is 0.318. The van der Waals surface area contributed by atoms with Gasteiger partial charge >= 0.3 is 0 Å². The van der Waals surface area contributed by atoms with E-state index < -0.39 is 0 Å². The molecule has 3 N–H and O–H groups in total. The van der Waals surface area contributed by atoms with Crippen LogP contribution in [0, 0.1) is 0 Å². The summed E-state index contributed by atoms with van der Waals surface area (Å²) in [5, 5.41) is 3.52. The Morgan fingerprint density at radius 3 is 3.12 bits per heavy atom. The number of hydrogen-bond acceptors (Lipinski definition) is 4. The zero-order chi connectivity index (χ0) is 11.0. The smallest absolute Gasteiger partial charge is 0.128 e. The zero-order valence-corrected chi connectivity index (χ0v) is 9.39. The second-order valence-corrected chi connectivity index (χ2v) is 4.73. The summed E-state index contributed by atoms with van der Waals surface area (Å²) in [6.45, 7) is 2.50. The maximum absolute atomic E-state index is 5.68. The van der Waals surface area contributed by atoms with Gasteiger partial charge in [0.05, 0.1) is 0 Å². The van der Waals surface area contributed by atoms with E-state index in [0.29, 0.717) is 17.9 Å². The van der Waals surface area contributed by atoms with Crippen LogP contribution in [-0.2, 0) is 0 Å². The summed E-state index contributed by atoms with van der Waals surface area (Å²) in [4.78, 5) is 6.89. The standard InChI is InChI=1S/C12H18N4/c13-11-4-1-5-12(15-11)14-9-6-8-16-7-2-3-10(9)16/h1,4-5,9-10H,2-3,6-8H2,(H3,13,14,15). The van der Waals surface area contributed by atoms with Gasteiger partial charge in [-0.3, -0.25) is 4.90 Å². The Labute approximate surface area is 95.8 Å². The molecule has 0 aromatic carbocycles. The second-order valence-electron chi connectivity index (χ2n) is 4.73. The molecule has 2 atom stereocenters. The number of nitrogens with two attached hydrogens (primary N) is 1. The van der Waals surface area contributed by atoms with Crippen LogP contribution in [0.3, 0.4) is 0 Å². The van der Waals surface area contributed by atoms with Crippen LogP contribution in [-0.4, -0.2) is 35.1 Å². The molecule has 16 heavy (non-hydrogen) atoms. The molecule has 3 heterocycles. The Balaban J connectivity index is 1.71. The number of nitrogens with zero attached hydrogens (tertiary/aromatic N) is 2. The first-order valence-corrected chi connectivity index (χ1v) is 6.06. The van der Waals surface area contributed by atoms with Gasteiger partial charge in [0, 0.05) is 18.6 Å². The predicted octanol–water partition coefficient (Wildman–Crippen LogP) is 1.31. The van der Waals surface area contributed by atoms with Crippen molar-refractivity contribution in [2.75, 3.05) is 24.1 Å². The topological polar surface area (TPSA) is 54.2 Å². The van der Waals surface area contributed by atoms with E-state index in [1.807, 2.05) is 18.2 Å². The van der Waals surface area contributed by atoms with Crippen molar-refractivity contribution in [1.29, 1.82) is 0 Å². The van der Waals surface area contributed by atoms with Crippen molar-refractivity contribution in [3.63, 3.8) is 0 Å². The Kier molecular flexibility index (Phi) is 2.44. The molecule has 0 spiro atoms. The van der Waals surface area contributed by atoms with Gasteiger partial charge in [-0.2, -0.15) is 0 Å². The van der Waals surface area contributed by atoms with Crippen LogP contribution >= 0.6 is 0 Å². The summed E-state index contributed by atoms with van der Waals surface area (Å²) in [5.41, 5.74) is 5.68. The maximum Gasteiger partial charge on any atom is 0.128 e. The average Bonchev–Trinajstić information content (AvgIpc) is 2.83. The van der Waals surface area contributed by atoms with Gasteiger partial charge in [0.1, 0.15) is 11.6 Å². The lowest BCUT2D eigenvalue weighted by atomic mass is 10.1. The van der Waals surface area contributed by atoms with Crippen molar-refractivity contribution >= 4 is 11.6 Å². The molecule has 2 unspecified atom stereocenters. The Morgan fingerprint density at radius 1 is 1.31 bits per heavy atom. The highest BCUT2D eigenvalue weighted by Crippen LogP contribution is 2.29. The molecule has 1 aromatic rings. The van der Waals surface area contributed by atoms with Crippen molar-refractivity contribution in [2.24, 2.45) is 0 Å². The number of nitrogen functional groups attached to an aromatic ring is 1. The first-order valence-electron chi connectivity index (χ1n) is 6.06. The second kappa shape index (κ2) is 3.94. The highest BCUT2D eigenvalue weighted by molar-refractivity contribution is 5.43. The number of anilines is 2. The lowest BCUT2D eigenvalue weighted by Crippen LogP contribution is -2.34. The molecule has 2 aliphatic rings. The quantitative estimate of drug-likeness (QED) is 0.786. The van der Waals surface area contributed by atoms with Gasteiger partial charge < -0.3 is 11.1 Å². The van der Waals surface area contributed by atoms with Crippen LogP contribution in [0.2, 0.25) is 0 Å². The molecule has 0 aliphatic carbocycles. The number of nitrogens with one attached hydrogen (secondary N) is 1. The first-order chi connectivity index (χ1) is 7.83. The molecule has 2 saturated heterocycles. The van der Waals surface area contributed by atoms with Crippen molar-refractivity contribution in [3.8, 4) is 0 Å². The molecule has 2 fully saturated rings. The number of rotatable bonds is 2. The van der Waals surface area contributed by atoms with Crippen molar-refractivity contribution in [3.05, 3.63) is 18.2 Å². The van der Waals surface area contributed by atoms with Crippen LogP contribution in [0.1, 0.15) is 19.3 Å². The molecule has 0 radical (unpaired) electrons. The fourth-order valence-corrected chi connectivity index (χ4v) is 2.97. The van der Waals surface area contributed by atoms with Crippen molar-refractivity contribution in [1.82, 2.24) is 9.88 Å². The molecule has 4 heteroatoms. The van der Waals surface area contributed by atoms with E-state index in [1.54, 1.807) is 0 Å². The average molecular weight is 218 g/mol. The predicted molar refractivity (Wildman–Crippen MR) is 65.3 cm³/mol. The van der Waals surface area contributed by atoms with E-state index in [2.05, 4.69) is 15.2 Å². The van der Waals surface area contributed by atoms with Crippen LogP contribution < -0.4 is 11.1 Å². The molecule has 1 aromatic heterocycles. The highest BCUT2D eigenvalue weighted by Gasteiger charge is 2.37. The summed E-state index contributed by atoms with van der Waals surface area (Å²) >= 11 is 0. The molecule has 3 rings (SSSR count). The van der Waals surface area contributed by atoms with Crippen molar-refractivity contribution < 1.29 is 0 Å².